The van der Waals surface area contributed by atoms with Crippen LogP contribution in [0.25, 0.3) is 0 Å². The second-order valence-corrected chi connectivity index (χ2v) is 8.02. The van der Waals surface area contributed by atoms with Crippen molar-refractivity contribution in [3.8, 4) is 5.75 Å². The summed E-state index contributed by atoms with van der Waals surface area (Å²) < 4.78 is 0. The van der Waals surface area contributed by atoms with Gasteiger partial charge < -0.3 is 5.11 Å². The smallest absolute Gasteiger partial charge is 0.138 e. The van der Waals surface area contributed by atoms with E-state index in [0.29, 0.717) is 10.8 Å². The van der Waals surface area contributed by atoms with E-state index >= 15 is 0 Å². The van der Waals surface area contributed by atoms with Gasteiger partial charge in [-0.25, -0.2) is 0 Å². The van der Waals surface area contributed by atoms with Crippen LogP contribution in [0.5, 0.6) is 5.75 Å². The first-order valence-corrected chi connectivity index (χ1v) is 9.64. The Balaban J connectivity index is 1.92. The zero-order chi connectivity index (χ0) is 16.8. The molecule has 0 heterocycles. The van der Waals surface area contributed by atoms with Crippen LogP contribution in [0.15, 0.2) is 18.2 Å². The fourth-order valence-electron chi connectivity index (χ4n) is 4.50. The first-order valence-electron chi connectivity index (χ1n) is 8.88. The Morgan fingerprint density at radius 3 is 2.46 bits per heavy atom. The van der Waals surface area contributed by atoms with Crippen LogP contribution in [0.1, 0.15) is 65.0 Å². The predicted molar refractivity (Wildman–Crippen MR) is 101 cm³/mol. The summed E-state index contributed by atoms with van der Waals surface area (Å²) in [6, 6.07) is 6.31. The normalized spacial score (nSPS) is 19.7. The first kappa shape index (κ1) is 16.3. The lowest BCUT2D eigenvalue weighted by Crippen LogP contribution is -2.16. The molecule has 0 saturated heterocycles. The molecule has 126 valence electrons. The van der Waals surface area contributed by atoms with Gasteiger partial charge >= 0.3 is 0 Å². The molecule has 0 amide bonds. The molecule has 2 aliphatic rings. The molecular formula is C21H22Cl2O. The lowest BCUT2D eigenvalue weighted by Gasteiger charge is -2.31. The van der Waals surface area contributed by atoms with E-state index in [2.05, 4.69) is 19.1 Å². The quantitative estimate of drug-likeness (QED) is 0.627. The molecular weight excluding hydrogens is 339 g/mol. The molecule has 0 bridgehead atoms. The summed E-state index contributed by atoms with van der Waals surface area (Å²) in [7, 11) is 0. The fourth-order valence-corrected chi connectivity index (χ4v) is 4.92. The third-order valence-corrected chi connectivity index (χ3v) is 6.40. The van der Waals surface area contributed by atoms with Crippen LogP contribution in [0.2, 0.25) is 10.0 Å². The summed E-state index contributed by atoms with van der Waals surface area (Å²) in [5, 5.41) is 12.1. The minimum Gasteiger partial charge on any atom is -0.506 e. The van der Waals surface area contributed by atoms with Crippen LogP contribution in [-0.4, -0.2) is 5.11 Å². The highest BCUT2D eigenvalue weighted by Crippen LogP contribution is 2.47. The summed E-state index contributed by atoms with van der Waals surface area (Å²) >= 11 is 12.7. The maximum atomic E-state index is 10.8. The third-order valence-electron chi connectivity index (χ3n) is 5.70. The van der Waals surface area contributed by atoms with Crippen LogP contribution in [-0.2, 0) is 19.3 Å². The van der Waals surface area contributed by atoms with Gasteiger partial charge in [-0.15, -0.1) is 0 Å². The standard InChI is InChI=1S/C21H22Cl2O/c1-12-9-17-14(10-18(12)22)6-4-8-16(17)20-15-7-3-2-5-13(15)11-19(23)21(20)24/h9-11,16,24H,2-8H2,1H3/t16-/m1/s1. The Kier molecular flexibility index (Phi) is 4.26. The highest BCUT2D eigenvalue weighted by Gasteiger charge is 2.30. The third kappa shape index (κ3) is 2.62. The molecule has 0 aromatic heterocycles. The summed E-state index contributed by atoms with van der Waals surface area (Å²) in [5.41, 5.74) is 7.52. The van der Waals surface area contributed by atoms with Gasteiger partial charge in [-0.1, -0.05) is 29.3 Å². The second-order valence-electron chi connectivity index (χ2n) is 7.21. The molecule has 2 aromatic rings. The van der Waals surface area contributed by atoms with E-state index in [1.54, 1.807) is 0 Å². The van der Waals surface area contributed by atoms with E-state index in [0.717, 1.165) is 48.3 Å². The van der Waals surface area contributed by atoms with Gasteiger partial charge in [0.15, 0.2) is 0 Å². The number of fused-ring (bicyclic) bond motifs is 2. The summed E-state index contributed by atoms with van der Waals surface area (Å²) in [4.78, 5) is 0. The van der Waals surface area contributed by atoms with Crippen molar-refractivity contribution in [1.82, 2.24) is 0 Å². The van der Waals surface area contributed by atoms with E-state index < -0.39 is 0 Å². The van der Waals surface area contributed by atoms with Crippen molar-refractivity contribution >= 4 is 23.2 Å². The lowest BCUT2D eigenvalue weighted by molar-refractivity contribution is 0.456. The number of hydrogen-bond acceptors (Lipinski definition) is 1. The number of halogens is 2. The van der Waals surface area contributed by atoms with Crippen molar-refractivity contribution in [2.75, 3.05) is 0 Å². The Labute approximate surface area is 153 Å². The molecule has 2 aromatic carbocycles. The average Bonchev–Trinajstić information content (AvgIpc) is 2.57. The maximum Gasteiger partial charge on any atom is 0.138 e. The number of benzene rings is 2. The molecule has 3 heteroatoms. The van der Waals surface area contributed by atoms with Gasteiger partial charge in [0.05, 0.1) is 5.02 Å². The monoisotopic (exact) mass is 360 g/mol. The molecule has 0 unspecified atom stereocenters. The van der Waals surface area contributed by atoms with Gasteiger partial charge in [0, 0.05) is 16.5 Å². The van der Waals surface area contributed by atoms with E-state index in [9.17, 15) is 5.11 Å². The highest BCUT2D eigenvalue weighted by atomic mass is 35.5. The minimum absolute atomic E-state index is 0.232. The first-order chi connectivity index (χ1) is 11.6. The Hall–Kier alpha value is -1.18. The molecule has 1 N–H and O–H groups in total. The number of aromatic hydroxyl groups is 1. The van der Waals surface area contributed by atoms with Crippen LogP contribution in [0, 0.1) is 6.92 Å². The molecule has 4 rings (SSSR count). The number of aryl methyl sites for hydroxylation is 3. The van der Waals surface area contributed by atoms with Gasteiger partial charge in [0.2, 0.25) is 0 Å². The van der Waals surface area contributed by atoms with E-state index in [1.165, 1.54) is 35.1 Å². The molecule has 2 aliphatic carbocycles. The van der Waals surface area contributed by atoms with Crippen molar-refractivity contribution in [2.24, 2.45) is 0 Å². The molecule has 0 aliphatic heterocycles. The largest absolute Gasteiger partial charge is 0.506 e. The average molecular weight is 361 g/mol. The van der Waals surface area contributed by atoms with Gasteiger partial charge in [-0.05, 0) is 91.8 Å². The Bertz CT molecular complexity index is 810. The van der Waals surface area contributed by atoms with Gasteiger partial charge in [0.25, 0.3) is 0 Å². The van der Waals surface area contributed by atoms with Crippen molar-refractivity contribution < 1.29 is 5.11 Å². The predicted octanol–water partition coefficient (Wildman–Crippen LogP) is 6.35. The molecule has 1 atom stereocenters. The van der Waals surface area contributed by atoms with Crippen LogP contribution in [0.4, 0.5) is 0 Å². The summed E-state index contributed by atoms with van der Waals surface area (Å²) in [6.45, 7) is 2.06. The van der Waals surface area contributed by atoms with Crippen molar-refractivity contribution in [3.05, 3.63) is 61.6 Å². The molecule has 1 nitrogen and oxygen atoms in total. The van der Waals surface area contributed by atoms with Crippen LogP contribution < -0.4 is 0 Å². The molecule has 0 fully saturated rings. The van der Waals surface area contributed by atoms with Gasteiger partial charge in [0.1, 0.15) is 5.75 Å². The molecule has 0 radical (unpaired) electrons. The number of phenols is 1. The molecule has 0 saturated carbocycles. The van der Waals surface area contributed by atoms with Crippen molar-refractivity contribution in [3.63, 3.8) is 0 Å². The van der Waals surface area contributed by atoms with Crippen molar-refractivity contribution in [1.29, 1.82) is 0 Å². The Morgan fingerprint density at radius 1 is 0.917 bits per heavy atom. The summed E-state index contributed by atoms with van der Waals surface area (Å²) in [5.74, 6) is 0.526. The zero-order valence-corrected chi connectivity index (χ0v) is 15.5. The summed E-state index contributed by atoms with van der Waals surface area (Å²) in [6.07, 6.45) is 7.78. The number of hydrogen-bond donors (Lipinski definition) is 1. The van der Waals surface area contributed by atoms with Crippen LogP contribution in [0.3, 0.4) is 0 Å². The fraction of sp³-hybridized carbons (Fsp3) is 0.429. The van der Waals surface area contributed by atoms with E-state index in [1.807, 2.05) is 6.07 Å². The number of rotatable bonds is 1. The molecule has 0 spiro atoms. The van der Waals surface area contributed by atoms with Gasteiger partial charge in [-0.3, -0.25) is 0 Å². The van der Waals surface area contributed by atoms with Crippen molar-refractivity contribution in [2.45, 2.75) is 57.8 Å². The highest BCUT2D eigenvalue weighted by molar-refractivity contribution is 6.32. The van der Waals surface area contributed by atoms with E-state index in [-0.39, 0.29) is 5.92 Å². The second kappa shape index (κ2) is 6.28. The molecule has 24 heavy (non-hydrogen) atoms. The SMILES string of the molecule is Cc1cc2c(cc1Cl)CCC[C@H]2c1c(O)c(Cl)cc2c1CCCC2. The maximum absolute atomic E-state index is 10.8. The van der Waals surface area contributed by atoms with E-state index in [4.69, 9.17) is 23.2 Å². The van der Waals surface area contributed by atoms with Gasteiger partial charge in [-0.2, -0.15) is 0 Å². The zero-order valence-electron chi connectivity index (χ0n) is 14.0. The minimum atomic E-state index is 0.232. The van der Waals surface area contributed by atoms with Crippen LogP contribution >= 0.6 is 23.2 Å². The lowest BCUT2D eigenvalue weighted by atomic mass is 9.74. The Morgan fingerprint density at radius 2 is 1.62 bits per heavy atom. The topological polar surface area (TPSA) is 20.2 Å². The number of phenolic OH excluding ortho intramolecular Hbond substituents is 1.